The predicted molar refractivity (Wildman–Crippen MR) is 93.3 cm³/mol. The maximum Gasteiger partial charge on any atom is 0.241 e. The number of rotatable bonds is 4. The summed E-state index contributed by atoms with van der Waals surface area (Å²) in [7, 11) is -3.56. The number of nitrogens with one attached hydrogen (secondary N) is 2. The number of carbonyl (C=O) groups excluding carboxylic acids is 1. The van der Waals surface area contributed by atoms with E-state index in [1.54, 1.807) is 19.1 Å². The Labute approximate surface area is 142 Å². The highest BCUT2D eigenvalue weighted by Gasteiger charge is 2.18. The molecule has 0 radical (unpaired) electrons. The van der Waals surface area contributed by atoms with Gasteiger partial charge in [-0.05, 0) is 49.1 Å². The molecule has 0 atom stereocenters. The molecule has 1 heterocycles. The number of amides is 1. The number of aryl methyl sites for hydroxylation is 3. The standard InChI is InChI=1S/C18H20N2O3S/c1-12-3-7-17(13(2)9-12)24(22,23)19-11-14-4-6-16-15(10-14)5-8-18(21)20-16/h3-4,6-7,9-10,19H,5,8,11H2,1-2H3,(H,20,21). The van der Waals surface area contributed by atoms with Crippen molar-refractivity contribution >= 4 is 21.6 Å². The van der Waals surface area contributed by atoms with Crippen LogP contribution < -0.4 is 10.0 Å². The highest BCUT2D eigenvalue weighted by Crippen LogP contribution is 2.24. The molecule has 5 nitrogen and oxygen atoms in total. The van der Waals surface area contributed by atoms with Crippen molar-refractivity contribution in [3.63, 3.8) is 0 Å². The minimum atomic E-state index is -3.56. The summed E-state index contributed by atoms with van der Waals surface area (Å²) in [6.45, 7) is 3.95. The van der Waals surface area contributed by atoms with Gasteiger partial charge >= 0.3 is 0 Å². The Morgan fingerprint density at radius 2 is 1.88 bits per heavy atom. The topological polar surface area (TPSA) is 75.3 Å². The van der Waals surface area contributed by atoms with Crippen LogP contribution >= 0.6 is 0 Å². The molecular weight excluding hydrogens is 324 g/mol. The van der Waals surface area contributed by atoms with E-state index in [0.717, 1.165) is 27.9 Å². The first-order chi connectivity index (χ1) is 11.3. The lowest BCUT2D eigenvalue weighted by atomic mass is 10.0. The third-order valence-electron chi connectivity index (χ3n) is 4.15. The van der Waals surface area contributed by atoms with Crippen molar-refractivity contribution in [1.82, 2.24) is 4.72 Å². The molecule has 0 unspecified atom stereocenters. The maximum absolute atomic E-state index is 12.5. The molecule has 3 rings (SSSR count). The largest absolute Gasteiger partial charge is 0.326 e. The molecule has 0 aliphatic carbocycles. The summed E-state index contributed by atoms with van der Waals surface area (Å²) in [4.78, 5) is 11.7. The number of hydrogen-bond acceptors (Lipinski definition) is 3. The molecule has 0 saturated carbocycles. The Morgan fingerprint density at radius 3 is 2.62 bits per heavy atom. The predicted octanol–water partition coefficient (Wildman–Crippen LogP) is 2.67. The molecule has 2 aromatic carbocycles. The van der Waals surface area contributed by atoms with E-state index in [1.165, 1.54) is 0 Å². The van der Waals surface area contributed by atoms with Gasteiger partial charge in [-0.15, -0.1) is 0 Å². The zero-order chi connectivity index (χ0) is 17.3. The van der Waals surface area contributed by atoms with Crippen LogP contribution in [-0.4, -0.2) is 14.3 Å². The average Bonchev–Trinajstić information content (AvgIpc) is 2.52. The van der Waals surface area contributed by atoms with Crippen molar-refractivity contribution in [2.75, 3.05) is 5.32 Å². The molecular formula is C18H20N2O3S. The smallest absolute Gasteiger partial charge is 0.241 e. The first-order valence-corrected chi connectivity index (χ1v) is 9.32. The summed E-state index contributed by atoms with van der Waals surface area (Å²) in [6, 6.07) is 10.9. The Kier molecular flexibility index (Phi) is 4.43. The van der Waals surface area contributed by atoms with Gasteiger partial charge in [0.1, 0.15) is 0 Å². The van der Waals surface area contributed by atoms with Crippen LogP contribution in [0.3, 0.4) is 0 Å². The van der Waals surface area contributed by atoms with E-state index in [9.17, 15) is 13.2 Å². The molecule has 2 aromatic rings. The van der Waals surface area contributed by atoms with Gasteiger partial charge in [0, 0.05) is 18.7 Å². The zero-order valence-corrected chi connectivity index (χ0v) is 14.5. The van der Waals surface area contributed by atoms with Gasteiger partial charge in [0.05, 0.1) is 4.90 Å². The number of sulfonamides is 1. The number of anilines is 1. The summed E-state index contributed by atoms with van der Waals surface area (Å²) in [5.41, 5.74) is 4.49. The highest BCUT2D eigenvalue weighted by atomic mass is 32.2. The second-order valence-corrected chi connectivity index (χ2v) is 7.87. The first kappa shape index (κ1) is 16.7. The Hall–Kier alpha value is -2.18. The molecule has 24 heavy (non-hydrogen) atoms. The molecule has 0 aromatic heterocycles. The molecule has 6 heteroatoms. The lowest BCUT2D eigenvalue weighted by molar-refractivity contribution is -0.116. The lowest BCUT2D eigenvalue weighted by Gasteiger charge is -2.18. The van der Waals surface area contributed by atoms with E-state index in [0.29, 0.717) is 17.7 Å². The van der Waals surface area contributed by atoms with Gasteiger partial charge in [0.15, 0.2) is 0 Å². The van der Waals surface area contributed by atoms with Crippen LogP contribution in [0.15, 0.2) is 41.3 Å². The third kappa shape index (κ3) is 3.49. The molecule has 0 bridgehead atoms. The molecule has 0 fully saturated rings. The maximum atomic E-state index is 12.5. The molecule has 1 amide bonds. The van der Waals surface area contributed by atoms with Crippen LogP contribution in [-0.2, 0) is 27.8 Å². The Balaban J connectivity index is 1.76. The van der Waals surface area contributed by atoms with Crippen molar-refractivity contribution in [3.8, 4) is 0 Å². The highest BCUT2D eigenvalue weighted by molar-refractivity contribution is 7.89. The molecule has 0 saturated heterocycles. The molecule has 1 aliphatic heterocycles. The first-order valence-electron chi connectivity index (χ1n) is 7.84. The molecule has 2 N–H and O–H groups in total. The SMILES string of the molecule is Cc1ccc(S(=O)(=O)NCc2ccc3c(c2)CCC(=O)N3)c(C)c1. The average molecular weight is 344 g/mol. The molecule has 0 spiro atoms. The van der Waals surface area contributed by atoms with E-state index in [4.69, 9.17) is 0 Å². The monoisotopic (exact) mass is 344 g/mol. The summed E-state index contributed by atoms with van der Waals surface area (Å²) < 4.78 is 27.7. The van der Waals surface area contributed by atoms with Gasteiger partial charge in [-0.1, -0.05) is 29.8 Å². The molecule has 126 valence electrons. The fourth-order valence-electron chi connectivity index (χ4n) is 2.90. The van der Waals surface area contributed by atoms with E-state index in [1.807, 2.05) is 31.2 Å². The van der Waals surface area contributed by atoms with Crippen molar-refractivity contribution in [2.45, 2.75) is 38.1 Å². The lowest BCUT2D eigenvalue weighted by Crippen LogP contribution is -2.24. The van der Waals surface area contributed by atoms with Gasteiger partial charge in [0.2, 0.25) is 15.9 Å². The summed E-state index contributed by atoms with van der Waals surface area (Å²) in [5, 5.41) is 2.82. The minimum absolute atomic E-state index is 0.0193. The van der Waals surface area contributed by atoms with Crippen LogP contribution in [0.25, 0.3) is 0 Å². The van der Waals surface area contributed by atoms with E-state index < -0.39 is 10.0 Å². The fraction of sp³-hybridized carbons (Fsp3) is 0.278. The minimum Gasteiger partial charge on any atom is -0.326 e. The second-order valence-electron chi connectivity index (χ2n) is 6.13. The van der Waals surface area contributed by atoms with Crippen molar-refractivity contribution in [3.05, 3.63) is 58.7 Å². The fourth-order valence-corrected chi connectivity index (χ4v) is 4.15. The van der Waals surface area contributed by atoms with Crippen LogP contribution in [0.5, 0.6) is 0 Å². The van der Waals surface area contributed by atoms with E-state index in [2.05, 4.69) is 10.0 Å². The van der Waals surface area contributed by atoms with Crippen LogP contribution in [0.1, 0.15) is 28.7 Å². The van der Waals surface area contributed by atoms with Gasteiger partial charge in [-0.25, -0.2) is 13.1 Å². The molecule has 1 aliphatic rings. The second kappa shape index (κ2) is 6.37. The van der Waals surface area contributed by atoms with Crippen LogP contribution in [0, 0.1) is 13.8 Å². The van der Waals surface area contributed by atoms with E-state index >= 15 is 0 Å². The van der Waals surface area contributed by atoms with Gasteiger partial charge in [-0.3, -0.25) is 4.79 Å². The Morgan fingerprint density at radius 1 is 1.08 bits per heavy atom. The van der Waals surface area contributed by atoms with Crippen LogP contribution in [0.4, 0.5) is 5.69 Å². The van der Waals surface area contributed by atoms with Gasteiger partial charge < -0.3 is 5.32 Å². The van der Waals surface area contributed by atoms with Crippen molar-refractivity contribution in [1.29, 1.82) is 0 Å². The van der Waals surface area contributed by atoms with E-state index in [-0.39, 0.29) is 12.5 Å². The number of benzene rings is 2. The summed E-state index contributed by atoms with van der Waals surface area (Å²) in [5.74, 6) is 0.0193. The Bertz CT molecular complexity index is 904. The van der Waals surface area contributed by atoms with Gasteiger partial charge in [0.25, 0.3) is 0 Å². The number of fused-ring (bicyclic) bond motifs is 1. The summed E-state index contributed by atoms with van der Waals surface area (Å²) >= 11 is 0. The summed E-state index contributed by atoms with van der Waals surface area (Å²) in [6.07, 6.45) is 1.14. The number of hydrogen-bond donors (Lipinski definition) is 2. The third-order valence-corrected chi connectivity index (χ3v) is 5.71. The number of carbonyl (C=O) groups is 1. The van der Waals surface area contributed by atoms with Crippen LogP contribution in [0.2, 0.25) is 0 Å². The van der Waals surface area contributed by atoms with Crippen molar-refractivity contribution < 1.29 is 13.2 Å². The normalized spacial score (nSPS) is 14.2. The quantitative estimate of drug-likeness (QED) is 0.895. The zero-order valence-electron chi connectivity index (χ0n) is 13.7. The van der Waals surface area contributed by atoms with Gasteiger partial charge in [-0.2, -0.15) is 0 Å². The van der Waals surface area contributed by atoms with Crippen molar-refractivity contribution in [2.24, 2.45) is 0 Å².